The van der Waals surface area contributed by atoms with Crippen molar-refractivity contribution in [2.75, 3.05) is 23.7 Å². The SMILES string of the molecule is Cc1cc(Nc2cnc(C(=O)N3CCC(N)C3)c(Nc3ccc(Cl)cc3)n2)n[nH]1. The van der Waals surface area contributed by atoms with Crippen molar-refractivity contribution in [2.24, 2.45) is 5.73 Å². The number of nitrogens with two attached hydrogens (primary N) is 1. The second-order valence-electron chi connectivity index (χ2n) is 6.95. The lowest BCUT2D eigenvalue weighted by molar-refractivity contribution is 0.0786. The van der Waals surface area contributed by atoms with Gasteiger partial charge in [-0.25, -0.2) is 9.97 Å². The van der Waals surface area contributed by atoms with E-state index in [1.807, 2.05) is 13.0 Å². The maximum atomic E-state index is 13.0. The highest BCUT2D eigenvalue weighted by Crippen LogP contribution is 2.24. The van der Waals surface area contributed by atoms with Crippen LogP contribution in [0.4, 0.5) is 23.1 Å². The predicted molar refractivity (Wildman–Crippen MR) is 112 cm³/mol. The molecule has 1 saturated heterocycles. The number of nitrogens with zero attached hydrogens (tertiary/aromatic N) is 4. The number of nitrogens with one attached hydrogen (secondary N) is 3. The summed E-state index contributed by atoms with van der Waals surface area (Å²) in [4.78, 5) is 23.6. The largest absolute Gasteiger partial charge is 0.338 e. The number of rotatable bonds is 5. The highest BCUT2D eigenvalue weighted by Gasteiger charge is 2.28. The fraction of sp³-hybridized carbons (Fsp3) is 0.263. The van der Waals surface area contributed by atoms with Gasteiger partial charge in [-0.15, -0.1) is 0 Å². The maximum absolute atomic E-state index is 13.0. The number of halogens is 1. The van der Waals surface area contributed by atoms with Crippen molar-refractivity contribution in [3.8, 4) is 0 Å². The quantitative estimate of drug-likeness (QED) is 0.507. The molecule has 1 aromatic carbocycles. The molecule has 0 saturated carbocycles. The third kappa shape index (κ3) is 4.47. The lowest BCUT2D eigenvalue weighted by atomic mass is 10.3. The van der Waals surface area contributed by atoms with Gasteiger partial charge in [-0.05, 0) is 37.6 Å². The Morgan fingerprint density at radius 2 is 2.07 bits per heavy atom. The van der Waals surface area contributed by atoms with E-state index in [4.69, 9.17) is 17.3 Å². The van der Waals surface area contributed by atoms with Crippen molar-refractivity contribution in [1.29, 1.82) is 0 Å². The van der Waals surface area contributed by atoms with E-state index < -0.39 is 0 Å². The average Bonchev–Trinajstić information content (AvgIpc) is 3.31. The number of carbonyl (C=O) groups is 1. The first-order valence-electron chi connectivity index (χ1n) is 9.21. The summed E-state index contributed by atoms with van der Waals surface area (Å²) in [5.74, 6) is 1.21. The molecule has 29 heavy (non-hydrogen) atoms. The van der Waals surface area contributed by atoms with Gasteiger partial charge in [0.05, 0.1) is 6.20 Å². The van der Waals surface area contributed by atoms with Gasteiger partial charge in [-0.3, -0.25) is 9.89 Å². The van der Waals surface area contributed by atoms with Crippen LogP contribution in [0.1, 0.15) is 22.6 Å². The minimum atomic E-state index is -0.205. The number of amides is 1. The van der Waals surface area contributed by atoms with Crippen LogP contribution in [0.15, 0.2) is 36.5 Å². The normalized spacial score (nSPS) is 16.1. The van der Waals surface area contributed by atoms with Crippen molar-refractivity contribution in [2.45, 2.75) is 19.4 Å². The van der Waals surface area contributed by atoms with Crippen LogP contribution in [-0.4, -0.2) is 50.1 Å². The van der Waals surface area contributed by atoms with Gasteiger partial charge in [0, 0.05) is 41.6 Å². The Bertz CT molecular complexity index is 1020. The topological polar surface area (TPSA) is 125 Å². The molecule has 0 aliphatic carbocycles. The van der Waals surface area contributed by atoms with Crippen LogP contribution in [0.2, 0.25) is 5.02 Å². The van der Waals surface area contributed by atoms with Gasteiger partial charge < -0.3 is 21.3 Å². The van der Waals surface area contributed by atoms with E-state index in [9.17, 15) is 4.79 Å². The molecule has 1 amide bonds. The number of anilines is 4. The fourth-order valence-corrected chi connectivity index (χ4v) is 3.22. The molecule has 150 valence electrons. The summed E-state index contributed by atoms with van der Waals surface area (Å²) in [7, 11) is 0. The van der Waals surface area contributed by atoms with Crippen LogP contribution in [-0.2, 0) is 0 Å². The number of aryl methyl sites for hydroxylation is 1. The molecule has 5 N–H and O–H groups in total. The summed E-state index contributed by atoms with van der Waals surface area (Å²) < 4.78 is 0. The van der Waals surface area contributed by atoms with Gasteiger partial charge in [0.2, 0.25) is 0 Å². The van der Waals surface area contributed by atoms with Crippen LogP contribution in [0.25, 0.3) is 0 Å². The molecule has 3 heterocycles. The molecule has 1 atom stereocenters. The zero-order chi connectivity index (χ0) is 20.4. The van der Waals surface area contributed by atoms with Crippen molar-refractivity contribution < 1.29 is 4.79 Å². The van der Waals surface area contributed by atoms with Crippen LogP contribution >= 0.6 is 11.6 Å². The highest BCUT2D eigenvalue weighted by molar-refractivity contribution is 6.30. The molecule has 0 radical (unpaired) electrons. The summed E-state index contributed by atoms with van der Waals surface area (Å²) in [6, 6.07) is 8.96. The Balaban J connectivity index is 1.65. The van der Waals surface area contributed by atoms with E-state index in [1.165, 1.54) is 6.20 Å². The molecular weight excluding hydrogens is 392 g/mol. The van der Waals surface area contributed by atoms with E-state index in [0.29, 0.717) is 35.6 Å². The first kappa shape index (κ1) is 19.2. The van der Waals surface area contributed by atoms with Gasteiger partial charge in [-0.2, -0.15) is 5.10 Å². The summed E-state index contributed by atoms with van der Waals surface area (Å²) >= 11 is 5.97. The Labute approximate surface area is 172 Å². The second kappa shape index (κ2) is 8.06. The summed E-state index contributed by atoms with van der Waals surface area (Å²) in [6.07, 6.45) is 2.29. The lowest BCUT2D eigenvalue weighted by Crippen LogP contribution is -2.33. The third-order valence-corrected chi connectivity index (χ3v) is 4.81. The van der Waals surface area contributed by atoms with E-state index in [1.54, 1.807) is 29.2 Å². The predicted octanol–water partition coefficient (Wildman–Crippen LogP) is 2.82. The monoisotopic (exact) mass is 412 g/mol. The number of aromatic amines is 1. The van der Waals surface area contributed by atoms with E-state index in [0.717, 1.165) is 17.8 Å². The van der Waals surface area contributed by atoms with E-state index in [2.05, 4.69) is 30.8 Å². The van der Waals surface area contributed by atoms with Crippen LogP contribution in [0.3, 0.4) is 0 Å². The molecule has 1 unspecified atom stereocenters. The van der Waals surface area contributed by atoms with Gasteiger partial charge in [0.15, 0.2) is 23.1 Å². The van der Waals surface area contributed by atoms with Crippen LogP contribution in [0.5, 0.6) is 0 Å². The van der Waals surface area contributed by atoms with Gasteiger partial charge in [0.25, 0.3) is 5.91 Å². The van der Waals surface area contributed by atoms with Crippen molar-refractivity contribution >= 4 is 40.6 Å². The summed E-state index contributed by atoms with van der Waals surface area (Å²) in [5.41, 5.74) is 7.84. The van der Waals surface area contributed by atoms with E-state index >= 15 is 0 Å². The zero-order valence-corrected chi connectivity index (χ0v) is 16.6. The molecule has 1 aliphatic rings. The molecule has 3 aromatic rings. The molecule has 1 aliphatic heterocycles. The van der Waals surface area contributed by atoms with Gasteiger partial charge in [-0.1, -0.05) is 11.6 Å². The number of carbonyl (C=O) groups excluding carboxylic acids is 1. The Morgan fingerprint density at radius 3 is 2.72 bits per heavy atom. The number of likely N-dealkylation sites (tertiary alicyclic amines) is 1. The first-order chi connectivity index (χ1) is 14.0. The molecular formula is C19H21ClN8O. The van der Waals surface area contributed by atoms with Crippen LogP contribution < -0.4 is 16.4 Å². The maximum Gasteiger partial charge on any atom is 0.276 e. The van der Waals surface area contributed by atoms with Crippen molar-refractivity contribution in [3.63, 3.8) is 0 Å². The molecule has 4 rings (SSSR count). The van der Waals surface area contributed by atoms with Gasteiger partial charge >= 0.3 is 0 Å². The number of hydrogen-bond donors (Lipinski definition) is 4. The molecule has 0 bridgehead atoms. The second-order valence-corrected chi connectivity index (χ2v) is 7.38. The number of H-pyrrole nitrogens is 1. The summed E-state index contributed by atoms with van der Waals surface area (Å²) in [6.45, 7) is 3.02. The number of aromatic nitrogens is 4. The molecule has 2 aromatic heterocycles. The Morgan fingerprint density at radius 1 is 1.28 bits per heavy atom. The molecule has 0 spiro atoms. The summed E-state index contributed by atoms with van der Waals surface area (Å²) in [5, 5.41) is 13.9. The average molecular weight is 413 g/mol. The molecule has 9 nitrogen and oxygen atoms in total. The smallest absolute Gasteiger partial charge is 0.276 e. The minimum Gasteiger partial charge on any atom is -0.338 e. The fourth-order valence-electron chi connectivity index (χ4n) is 3.10. The van der Waals surface area contributed by atoms with Gasteiger partial charge in [0.1, 0.15) is 0 Å². The van der Waals surface area contributed by atoms with E-state index in [-0.39, 0.29) is 17.6 Å². The minimum absolute atomic E-state index is 0.0107. The number of benzene rings is 1. The molecule has 10 heteroatoms. The third-order valence-electron chi connectivity index (χ3n) is 4.56. The molecule has 1 fully saturated rings. The zero-order valence-electron chi connectivity index (χ0n) is 15.8. The first-order valence-corrected chi connectivity index (χ1v) is 9.59. The number of hydrogen-bond acceptors (Lipinski definition) is 7. The Kier molecular flexibility index (Phi) is 5.32. The van der Waals surface area contributed by atoms with Crippen LogP contribution in [0, 0.1) is 6.92 Å². The highest BCUT2D eigenvalue weighted by atomic mass is 35.5. The lowest BCUT2D eigenvalue weighted by Gasteiger charge is -2.18. The van der Waals surface area contributed by atoms with Crippen molar-refractivity contribution in [1.82, 2.24) is 25.1 Å². The van der Waals surface area contributed by atoms with Crippen molar-refractivity contribution in [3.05, 3.63) is 52.9 Å². The standard InChI is InChI=1S/C19H21ClN8O/c1-11-8-15(27-26-11)24-16-9-22-17(19(29)28-7-6-13(21)10-28)18(25-16)23-14-4-2-12(20)3-5-14/h2-5,8-9,13H,6-7,10,21H2,1H3,(H3,23,24,25,26,27). The Hall–Kier alpha value is -3.17.